The number of halogens is 2. The Kier molecular flexibility index (Phi) is 4.22. The lowest BCUT2D eigenvalue weighted by Gasteiger charge is -2.33. The molecular weight excluding hydrogens is 255 g/mol. The molecule has 3 N–H and O–H groups in total. The molecule has 1 aromatic rings. The van der Waals surface area contributed by atoms with Gasteiger partial charge in [0.25, 0.3) is 0 Å². The van der Waals surface area contributed by atoms with Crippen molar-refractivity contribution >= 4 is 11.6 Å². The van der Waals surface area contributed by atoms with E-state index in [2.05, 4.69) is 5.43 Å². The first-order valence-corrected chi connectivity index (χ1v) is 6.47. The predicted molar refractivity (Wildman–Crippen MR) is 69.8 cm³/mol. The maximum absolute atomic E-state index is 13.8. The van der Waals surface area contributed by atoms with Crippen molar-refractivity contribution in [1.82, 2.24) is 5.43 Å². The molecule has 18 heavy (non-hydrogen) atoms. The Hall–Kier alpha value is -0.680. The van der Waals surface area contributed by atoms with E-state index < -0.39 is 0 Å². The second kappa shape index (κ2) is 5.53. The normalized spacial score (nSPS) is 25.3. The number of hydrogen-bond acceptors (Lipinski definition) is 3. The highest BCUT2D eigenvalue weighted by Crippen LogP contribution is 2.30. The molecule has 0 radical (unpaired) electrons. The predicted octanol–water partition coefficient (Wildman–Crippen LogP) is 2.42. The Labute approximate surface area is 111 Å². The molecule has 1 saturated heterocycles. The van der Waals surface area contributed by atoms with Crippen molar-refractivity contribution in [2.45, 2.75) is 37.8 Å². The summed E-state index contributed by atoms with van der Waals surface area (Å²) >= 11 is 5.74. The van der Waals surface area contributed by atoms with E-state index in [-0.39, 0.29) is 17.5 Å². The van der Waals surface area contributed by atoms with Crippen LogP contribution in [-0.2, 0) is 11.2 Å². The van der Waals surface area contributed by atoms with Crippen molar-refractivity contribution in [1.29, 1.82) is 0 Å². The molecule has 0 saturated carbocycles. The van der Waals surface area contributed by atoms with Gasteiger partial charge >= 0.3 is 0 Å². The molecule has 2 atom stereocenters. The smallest absolute Gasteiger partial charge is 0.127 e. The Morgan fingerprint density at radius 1 is 1.61 bits per heavy atom. The van der Waals surface area contributed by atoms with E-state index in [9.17, 15) is 4.39 Å². The summed E-state index contributed by atoms with van der Waals surface area (Å²) in [5.41, 5.74) is 3.01. The summed E-state index contributed by atoms with van der Waals surface area (Å²) in [5, 5.41) is 0.400. The van der Waals surface area contributed by atoms with Crippen LogP contribution in [0.4, 0.5) is 4.39 Å². The van der Waals surface area contributed by atoms with Gasteiger partial charge in [0.15, 0.2) is 0 Å². The first kappa shape index (κ1) is 13.7. The van der Waals surface area contributed by atoms with Gasteiger partial charge in [0.05, 0.1) is 11.6 Å². The van der Waals surface area contributed by atoms with Gasteiger partial charge in [-0.25, -0.2) is 4.39 Å². The number of ether oxygens (including phenoxy) is 1. The highest BCUT2D eigenvalue weighted by Gasteiger charge is 2.38. The maximum atomic E-state index is 13.8. The summed E-state index contributed by atoms with van der Waals surface area (Å²) in [6, 6.07) is 4.59. The Morgan fingerprint density at radius 2 is 2.39 bits per heavy atom. The molecule has 100 valence electrons. The molecule has 0 spiro atoms. The van der Waals surface area contributed by atoms with E-state index in [1.807, 2.05) is 6.92 Å². The van der Waals surface area contributed by atoms with Crippen LogP contribution in [0.3, 0.4) is 0 Å². The van der Waals surface area contributed by atoms with Crippen LogP contribution in [0.15, 0.2) is 18.2 Å². The van der Waals surface area contributed by atoms with Gasteiger partial charge in [-0.1, -0.05) is 17.7 Å². The summed E-state index contributed by atoms with van der Waals surface area (Å²) in [6.07, 6.45) is 2.42. The summed E-state index contributed by atoms with van der Waals surface area (Å²) in [7, 11) is 0. The zero-order valence-corrected chi connectivity index (χ0v) is 11.1. The van der Waals surface area contributed by atoms with Gasteiger partial charge in [0.1, 0.15) is 5.82 Å². The van der Waals surface area contributed by atoms with Crippen molar-refractivity contribution in [3.63, 3.8) is 0 Å². The fourth-order valence-corrected chi connectivity index (χ4v) is 2.59. The molecule has 0 aliphatic carbocycles. The summed E-state index contributed by atoms with van der Waals surface area (Å²) < 4.78 is 19.5. The minimum atomic E-state index is -0.333. The molecule has 0 aromatic heterocycles. The lowest BCUT2D eigenvalue weighted by atomic mass is 9.88. The lowest BCUT2D eigenvalue weighted by molar-refractivity contribution is -0.0116. The van der Waals surface area contributed by atoms with E-state index >= 15 is 0 Å². The van der Waals surface area contributed by atoms with Crippen molar-refractivity contribution in [3.8, 4) is 0 Å². The number of nitrogens with two attached hydrogens (primary N) is 1. The van der Waals surface area contributed by atoms with Gasteiger partial charge in [0, 0.05) is 11.6 Å². The minimum Gasteiger partial charge on any atom is -0.374 e. The minimum absolute atomic E-state index is 0.115. The maximum Gasteiger partial charge on any atom is 0.127 e. The van der Waals surface area contributed by atoms with E-state index in [0.717, 1.165) is 19.4 Å². The Morgan fingerprint density at radius 3 is 2.94 bits per heavy atom. The van der Waals surface area contributed by atoms with Crippen molar-refractivity contribution < 1.29 is 9.13 Å². The zero-order valence-electron chi connectivity index (χ0n) is 10.4. The Balaban J connectivity index is 2.15. The van der Waals surface area contributed by atoms with Crippen LogP contribution in [0.5, 0.6) is 0 Å². The van der Waals surface area contributed by atoms with Crippen molar-refractivity contribution in [3.05, 3.63) is 34.6 Å². The second-order valence-electron chi connectivity index (χ2n) is 4.92. The number of hydrazine groups is 1. The summed E-state index contributed by atoms with van der Waals surface area (Å²) in [4.78, 5) is 0. The fourth-order valence-electron chi connectivity index (χ4n) is 2.43. The molecule has 2 rings (SSSR count). The molecular formula is C13H18ClFN2O. The van der Waals surface area contributed by atoms with E-state index in [1.165, 1.54) is 6.07 Å². The molecule has 0 bridgehead atoms. The number of benzene rings is 1. The van der Waals surface area contributed by atoms with Gasteiger partial charge in [0.2, 0.25) is 0 Å². The molecule has 0 amide bonds. The lowest BCUT2D eigenvalue weighted by Crippen LogP contribution is -2.52. The molecule has 2 unspecified atom stereocenters. The average Bonchev–Trinajstić information content (AvgIpc) is 2.76. The van der Waals surface area contributed by atoms with Gasteiger partial charge in [-0.15, -0.1) is 0 Å². The molecule has 1 heterocycles. The summed E-state index contributed by atoms with van der Waals surface area (Å²) in [6.45, 7) is 2.75. The number of hydrogen-bond donors (Lipinski definition) is 2. The Bertz CT molecular complexity index is 421. The monoisotopic (exact) mass is 272 g/mol. The first-order valence-electron chi connectivity index (χ1n) is 6.09. The van der Waals surface area contributed by atoms with Gasteiger partial charge in [-0.3, -0.25) is 11.3 Å². The molecule has 1 aliphatic heterocycles. The highest BCUT2D eigenvalue weighted by molar-refractivity contribution is 6.30. The topological polar surface area (TPSA) is 47.3 Å². The molecule has 1 fully saturated rings. The molecule has 1 aromatic carbocycles. The largest absolute Gasteiger partial charge is 0.374 e. The quantitative estimate of drug-likeness (QED) is 0.654. The number of nitrogens with one attached hydrogen (secondary N) is 1. The molecule has 1 aliphatic rings. The molecule has 3 nitrogen and oxygen atoms in total. The van der Waals surface area contributed by atoms with Crippen molar-refractivity contribution in [2.75, 3.05) is 6.61 Å². The van der Waals surface area contributed by atoms with Crippen LogP contribution < -0.4 is 11.3 Å². The fraction of sp³-hybridized carbons (Fsp3) is 0.538. The second-order valence-corrected chi connectivity index (χ2v) is 5.36. The van der Waals surface area contributed by atoms with Crippen LogP contribution in [-0.4, -0.2) is 18.2 Å². The standard InChI is InChI=1S/C13H18ClFN2O/c1-13(5-2-6-18-13)12(17-16)7-9-3-4-10(14)8-11(9)15/h3-4,8,12,17H,2,5-7,16H2,1H3. The first-order chi connectivity index (χ1) is 8.55. The van der Waals surface area contributed by atoms with E-state index in [1.54, 1.807) is 12.1 Å². The average molecular weight is 273 g/mol. The van der Waals surface area contributed by atoms with Gasteiger partial charge in [-0.05, 0) is 43.9 Å². The van der Waals surface area contributed by atoms with Crippen LogP contribution in [0.2, 0.25) is 5.02 Å². The number of rotatable bonds is 4. The van der Waals surface area contributed by atoms with Gasteiger partial charge in [-0.2, -0.15) is 0 Å². The van der Waals surface area contributed by atoms with Crippen molar-refractivity contribution in [2.24, 2.45) is 5.84 Å². The van der Waals surface area contributed by atoms with Crippen LogP contribution in [0.1, 0.15) is 25.3 Å². The SMILES string of the molecule is CC1(C(Cc2ccc(Cl)cc2F)NN)CCCO1. The van der Waals surface area contributed by atoms with Crippen LogP contribution >= 0.6 is 11.6 Å². The van der Waals surface area contributed by atoms with Crippen LogP contribution in [0, 0.1) is 5.82 Å². The third-order valence-electron chi connectivity index (χ3n) is 3.63. The molecule has 5 heteroatoms. The van der Waals surface area contributed by atoms with E-state index in [4.69, 9.17) is 22.2 Å². The van der Waals surface area contributed by atoms with Crippen LogP contribution in [0.25, 0.3) is 0 Å². The third kappa shape index (κ3) is 2.83. The van der Waals surface area contributed by atoms with E-state index in [0.29, 0.717) is 17.0 Å². The van der Waals surface area contributed by atoms with Gasteiger partial charge < -0.3 is 4.74 Å². The summed E-state index contributed by atoms with van der Waals surface area (Å²) in [5.74, 6) is 5.29. The third-order valence-corrected chi connectivity index (χ3v) is 3.86. The highest BCUT2D eigenvalue weighted by atomic mass is 35.5. The zero-order chi connectivity index (χ0) is 13.2.